The SMILES string of the molecule is Nc1nc(N)nc(N)n1.O=[PH](O)O[PH](=O)O.OCC(CO)(CO)CO. The number of anilines is 3. The highest BCUT2D eigenvalue weighted by Gasteiger charge is 2.26. The molecule has 1 aromatic heterocycles. The van der Waals surface area contributed by atoms with Crippen molar-refractivity contribution in [3.05, 3.63) is 0 Å². The van der Waals surface area contributed by atoms with E-state index in [4.69, 9.17) is 47.4 Å². The molecule has 0 saturated heterocycles. The summed E-state index contributed by atoms with van der Waals surface area (Å²) in [6.45, 7) is -1.62. The second-order valence-corrected chi connectivity index (χ2v) is 6.06. The first-order valence-corrected chi connectivity index (χ1v) is 8.68. The number of nitrogens with two attached hydrogens (primary N) is 3. The topological polar surface area (TPSA) is 281 Å². The Morgan fingerprint density at radius 1 is 0.760 bits per heavy atom. The fourth-order valence-electron chi connectivity index (χ4n) is 0.802. The summed E-state index contributed by atoms with van der Waals surface area (Å²) in [7, 11) is -6.40. The van der Waals surface area contributed by atoms with Crippen LogP contribution in [0.3, 0.4) is 0 Å². The zero-order chi connectivity index (χ0) is 20.0. The average Bonchev–Trinajstić information content (AvgIpc) is 2.48. The second kappa shape index (κ2) is 13.8. The van der Waals surface area contributed by atoms with Crippen molar-refractivity contribution >= 4 is 34.4 Å². The quantitative estimate of drug-likeness (QED) is 0.205. The molecule has 2 unspecified atom stereocenters. The van der Waals surface area contributed by atoms with Gasteiger partial charge < -0.3 is 47.4 Å². The van der Waals surface area contributed by atoms with Crippen molar-refractivity contribution in [2.45, 2.75) is 0 Å². The van der Waals surface area contributed by atoms with Crippen LogP contribution in [0.15, 0.2) is 0 Å². The molecule has 17 heteroatoms. The number of hydrogen-bond donors (Lipinski definition) is 9. The minimum atomic E-state index is -3.20. The Balaban J connectivity index is 0. The van der Waals surface area contributed by atoms with Crippen molar-refractivity contribution in [1.82, 2.24) is 15.0 Å². The third-order valence-corrected chi connectivity index (χ3v) is 3.60. The number of aliphatic hydroxyl groups excluding tert-OH is 4. The third-order valence-electron chi connectivity index (χ3n) is 2.20. The van der Waals surface area contributed by atoms with Crippen LogP contribution in [0.5, 0.6) is 0 Å². The van der Waals surface area contributed by atoms with Gasteiger partial charge >= 0.3 is 16.5 Å². The van der Waals surface area contributed by atoms with Crippen molar-refractivity contribution in [3.63, 3.8) is 0 Å². The fourth-order valence-corrected chi connectivity index (χ4v) is 1.40. The molecule has 1 rings (SSSR count). The van der Waals surface area contributed by atoms with Gasteiger partial charge in [-0.05, 0) is 0 Å². The van der Waals surface area contributed by atoms with E-state index < -0.39 is 48.4 Å². The molecule has 12 N–H and O–H groups in total. The predicted molar refractivity (Wildman–Crippen MR) is 87.4 cm³/mol. The van der Waals surface area contributed by atoms with E-state index in [1.807, 2.05) is 0 Å². The molecule has 25 heavy (non-hydrogen) atoms. The minimum absolute atomic E-state index is 0.0417. The van der Waals surface area contributed by atoms with Gasteiger partial charge in [0.1, 0.15) is 0 Å². The molecule has 0 radical (unpaired) electrons. The Labute approximate surface area is 143 Å². The first-order chi connectivity index (χ1) is 11.6. The first-order valence-electron chi connectivity index (χ1n) is 6.15. The Morgan fingerprint density at radius 2 is 1.00 bits per heavy atom. The van der Waals surface area contributed by atoms with Gasteiger partial charge in [-0.3, -0.25) is 9.13 Å². The van der Waals surface area contributed by atoms with Crippen LogP contribution in [0.4, 0.5) is 17.8 Å². The molecule has 0 spiro atoms. The van der Waals surface area contributed by atoms with E-state index in [-0.39, 0.29) is 17.8 Å². The van der Waals surface area contributed by atoms with Crippen LogP contribution in [-0.4, -0.2) is 71.6 Å². The summed E-state index contributed by atoms with van der Waals surface area (Å²) in [5.74, 6) is 0.125. The summed E-state index contributed by atoms with van der Waals surface area (Å²) in [5.41, 5.74) is 14.3. The standard InChI is InChI=1S/C5H12O4.C3H6N6.H4O5P2/c6-1-5(2-7,3-8)4-9;4-1-7-2(5)9-3(6)8-1;1-6(2)5-7(3)4/h6-9H,1-4H2;(H6,4,5,6,7,8,9);6-7H,(H,1,2)(H,3,4). The first kappa shape index (κ1) is 25.8. The zero-order valence-electron chi connectivity index (χ0n) is 12.8. The van der Waals surface area contributed by atoms with Crippen molar-refractivity contribution in [2.75, 3.05) is 43.6 Å². The predicted octanol–water partition coefficient (Wildman–Crippen LogP) is -3.67. The van der Waals surface area contributed by atoms with Gasteiger partial charge in [0.15, 0.2) is 0 Å². The van der Waals surface area contributed by atoms with E-state index in [9.17, 15) is 9.13 Å². The van der Waals surface area contributed by atoms with E-state index in [0.29, 0.717) is 0 Å². The lowest BCUT2D eigenvalue weighted by atomic mass is 9.93. The summed E-state index contributed by atoms with van der Waals surface area (Å²) in [5, 5.41) is 34.0. The Bertz CT molecular complexity index is 467. The van der Waals surface area contributed by atoms with Gasteiger partial charge in [-0.15, -0.1) is 0 Å². The van der Waals surface area contributed by atoms with Crippen molar-refractivity contribution in [3.8, 4) is 0 Å². The number of nitrogens with zero attached hydrogens (tertiary/aromatic N) is 3. The van der Waals surface area contributed by atoms with Gasteiger partial charge in [0.25, 0.3) is 0 Å². The highest BCUT2D eigenvalue weighted by atomic mass is 31.2. The van der Waals surface area contributed by atoms with E-state index in [0.717, 1.165) is 0 Å². The van der Waals surface area contributed by atoms with E-state index in [1.54, 1.807) is 0 Å². The minimum Gasteiger partial charge on any atom is -0.396 e. The molecular formula is C8H22N6O9P2. The summed E-state index contributed by atoms with van der Waals surface area (Å²) in [4.78, 5) is 25.9. The van der Waals surface area contributed by atoms with Gasteiger partial charge in [0.2, 0.25) is 17.8 Å². The van der Waals surface area contributed by atoms with Gasteiger partial charge in [-0.1, -0.05) is 0 Å². The summed E-state index contributed by atoms with van der Waals surface area (Å²) in [6.07, 6.45) is 0. The van der Waals surface area contributed by atoms with Crippen LogP contribution >= 0.6 is 16.5 Å². The van der Waals surface area contributed by atoms with Crippen molar-refractivity contribution < 1.29 is 43.7 Å². The largest absolute Gasteiger partial charge is 0.396 e. The van der Waals surface area contributed by atoms with Gasteiger partial charge in [-0.25, -0.2) is 4.31 Å². The second-order valence-electron chi connectivity index (χ2n) is 4.18. The van der Waals surface area contributed by atoms with E-state index in [1.165, 1.54) is 0 Å². The number of nitrogen functional groups attached to an aromatic ring is 3. The maximum Gasteiger partial charge on any atom is 0.323 e. The Morgan fingerprint density at radius 3 is 1.08 bits per heavy atom. The monoisotopic (exact) mass is 408 g/mol. The van der Waals surface area contributed by atoms with Gasteiger partial charge in [0.05, 0.1) is 31.8 Å². The molecule has 0 bridgehead atoms. The molecule has 15 nitrogen and oxygen atoms in total. The lowest BCUT2D eigenvalue weighted by Gasteiger charge is -2.23. The normalized spacial score (nSPS) is 12.9. The van der Waals surface area contributed by atoms with E-state index in [2.05, 4.69) is 19.3 Å². The van der Waals surface area contributed by atoms with Crippen LogP contribution in [-0.2, 0) is 13.4 Å². The van der Waals surface area contributed by atoms with Gasteiger partial charge in [-0.2, -0.15) is 15.0 Å². The molecular weight excluding hydrogens is 386 g/mol. The van der Waals surface area contributed by atoms with Crippen molar-refractivity contribution in [1.29, 1.82) is 0 Å². The van der Waals surface area contributed by atoms with Crippen molar-refractivity contribution in [2.24, 2.45) is 5.41 Å². The number of aromatic nitrogens is 3. The fraction of sp³-hybridized carbons (Fsp3) is 0.625. The van der Waals surface area contributed by atoms with Crippen LogP contribution in [0.25, 0.3) is 0 Å². The summed E-state index contributed by atoms with van der Waals surface area (Å²) < 4.78 is 22.3. The molecule has 2 atom stereocenters. The molecule has 0 aliphatic rings. The molecule has 1 heterocycles. The maximum absolute atomic E-state index is 9.44. The Kier molecular flexibility index (Phi) is 14.3. The number of aliphatic hydroxyl groups is 4. The van der Waals surface area contributed by atoms with E-state index >= 15 is 0 Å². The van der Waals surface area contributed by atoms with Crippen LogP contribution < -0.4 is 17.2 Å². The summed E-state index contributed by atoms with van der Waals surface area (Å²) >= 11 is 0. The lowest BCUT2D eigenvalue weighted by molar-refractivity contribution is -0.0328. The van der Waals surface area contributed by atoms with Crippen LogP contribution in [0.2, 0.25) is 0 Å². The van der Waals surface area contributed by atoms with Gasteiger partial charge in [0, 0.05) is 0 Å². The smallest absolute Gasteiger partial charge is 0.323 e. The molecule has 0 saturated carbocycles. The molecule has 0 aliphatic carbocycles. The highest BCUT2D eigenvalue weighted by molar-refractivity contribution is 7.46. The molecule has 0 amide bonds. The van der Waals surface area contributed by atoms with Crippen LogP contribution in [0, 0.1) is 5.41 Å². The lowest BCUT2D eigenvalue weighted by Crippen LogP contribution is -2.37. The average molecular weight is 408 g/mol. The number of hydrogen-bond acceptors (Lipinski definition) is 13. The summed E-state index contributed by atoms with van der Waals surface area (Å²) in [6, 6.07) is 0. The Hall–Kier alpha value is -1.41. The molecule has 0 aliphatic heterocycles. The zero-order valence-corrected chi connectivity index (χ0v) is 14.8. The molecule has 148 valence electrons. The third kappa shape index (κ3) is 13.5. The highest BCUT2D eigenvalue weighted by Crippen LogP contribution is 2.30. The number of rotatable bonds is 6. The molecule has 0 fully saturated rings. The molecule has 1 aromatic rings. The maximum atomic E-state index is 9.44. The molecule has 0 aromatic carbocycles. The van der Waals surface area contributed by atoms with Crippen LogP contribution in [0.1, 0.15) is 0 Å².